The van der Waals surface area contributed by atoms with Gasteiger partial charge in [0.15, 0.2) is 5.79 Å². The first-order valence-corrected chi connectivity index (χ1v) is 6.30. The molecule has 0 radical (unpaired) electrons. The lowest BCUT2D eigenvalue weighted by molar-refractivity contribution is -0.139. The van der Waals surface area contributed by atoms with Gasteiger partial charge in [0.1, 0.15) is 11.8 Å². The zero-order valence-electron chi connectivity index (χ0n) is 11.0. The Morgan fingerprint density at radius 2 is 2.47 bits per heavy atom. The predicted octanol–water partition coefficient (Wildman–Crippen LogP) is 1.59. The van der Waals surface area contributed by atoms with E-state index in [9.17, 15) is 4.79 Å². The smallest absolute Gasteiger partial charge is 0.304 e. The Labute approximate surface area is 116 Å². The average Bonchev–Trinajstić information content (AvgIpc) is 2.83. The van der Waals surface area contributed by atoms with Crippen LogP contribution in [0.1, 0.15) is 30.0 Å². The van der Waals surface area contributed by atoms with Gasteiger partial charge in [0, 0.05) is 0 Å². The normalized spacial score (nSPS) is 21.1. The Bertz CT molecular complexity index is 546. The van der Waals surface area contributed by atoms with E-state index in [1.165, 1.54) is 0 Å². The molecule has 0 aromatic carbocycles. The summed E-state index contributed by atoms with van der Waals surface area (Å²) in [7, 11) is 0. The van der Waals surface area contributed by atoms with Crippen LogP contribution in [0.4, 0.5) is 0 Å². The molecular formula is C12H15N3O3S. The Hall–Kier alpha value is -1.40. The van der Waals surface area contributed by atoms with Crippen molar-refractivity contribution >= 4 is 23.3 Å². The summed E-state index contributed by atoms with van der Waals surface area (Å²) >= 11 is 4.44. The molecule has 6 nitrogen and oxygen atoms in total. The third-order valence-electron chi connectivity index (χ3n) is 2.71. The Kier molecular flexibility index (Phi) is 3.91. The van der Waals surface area contributed by atoms with Crippen molar-refractivity contribution in [1.82, 2.24) is 9.78 Å². The summed E-state index contributed by atoms with van der Waals surface area (Å²) in [6, 6.07) is 1.67. The second kappa shape index (κ2) is 5.30. The molecule has 102 valence electrons. The quantitative estimate of drug-likeness (QED) is 0.621. The van der Waals surface area contributed by atoms with Crippen LogP contribution in [0.25, 0.3) is 0 Å². The lowest BCUT2D eigenvalue weighted by Gasteiger charge is -2.17. The molecule has 1 unspecified atom stereocenters. The lowest BCUT2D eigenvalue weighted by Crippen LogP contribution is -2.25. The molecule has 0 bridgehead atoms. The predicted molar refractivity (Wildman–Crippen MR) is 71.2 cm³/mol. The first-order chi connectivity index (χ1) is 8.91. The van der Waals surface area contributed by atoms with Gasteiger partial charge in [0.05, 0.1) is 24.0 Å². The molecule has 7 heteroatoms. The Morgan fingerprint density at radius 1 is 1.74 bits per heavy atom. The van der Waals surface area contributed by atoms with Gasteiger partial charge in [-0.3, -0.25) is 9.48 Å². The number of carbonyl (C=O) groups is 1. The van der Waals surface area contributed by atoms with E-state index in [0.717, 1.165) is 5.69 Å². The van der Waals surface area contributed by atoms with Crippen molar-refractivity contribution in [1.29, 1.82) is 0 Å². The highest BCUT2D eigenvalue weighted by Crippen LogP contribution is 2.23. The highest BCUT2D eigenvalue weighted by Gasteiger charge is 2.33. The number of aromatic nitrogens is 2. The molecule has 1 saturated heterocycles. The maximum Gasteiger partial charge on any atom is 0.304 e. The standard InChI is InChI=1S/C12H15N3O3S/c1-8-4-10(11(16)13-7-19)15(14-8)5-9-6-17-12(2,3)18-9/h4,9H,5-6H2,1-3H3. The molecule has 1 aliphatic rings. The summed E-state index contributed by atoms with van der Waals surface area (Å²) in [5.74, 6) is -1.04. The van der Waals surface area contributed by atoms with Gasteiger partial charge < -0.3 is 9.47 Å². The fraction of sp³-hybridized carbons (Fsp3) is 0.583. The minimum Gasteiger partial charge on any atom is -0.348 e. The van der Waals surface area contributed by atoms with Gasteiger partial charge >= 0.3 is 5.91 Å². The summed E-state index contributed by atoms with van der Waals surface area (Å²) in [6.07, 6.45) is -0.141. The molecule has 1 amide bonds. The van der Waals surface area contributed by atoms with Crippen molar-refractivity contribution in [3.8, 4) is 0 Å². The van der Waals surface area contributed by atoms with Crippen LogP contribution >= 0.6 is 12.2 Å². The van der Waals surface area contributed by atoms with E-state index in [4.69, 9.17) is 9.47 Å². The molecule has 1 fully saturated rings. The first-order valence-electron chi connectivity index (χ1n) is 5.90. The van der Waals surface area contributed by atoms with E-state index < -0.39 is 11.7 Å². The van der Waals surface area contributed by atoms with Gasteiger partial charge in [-0.25, -0.2) is 0 Å². The molecule has 0 saturated carbocycles. The number of carbonyl (C=O) groups excluding carboxylic acids is 1. The van der Waals surface area contributed by atoms with Gasteiger partial charge in [-0.05, 0) is 39.1 Å². The molecule has 0 aliphatic carbocycles. The molecule has 1 atom stereocenters. The van der Waals surface area contributed by atoms with Crippen molar-refractivity contribution in [2.75, 3.05) is 6.61 Å². The molecule has 1 aliphatic heterocycles. The number of aliphatic imine (C=N–C) groups is 1. The monoisotopic (exact) mass is 281 g/mol. The second-order valence-corrected chi connectivity index (χ2v) is 4.99. The number of rotatable bonds is 3. The summed E-state index contributed by atoms with van der Waals surface area (Å²) in [6.45, 7) is 6.42. The van der Waals surface area contributed by atoms with Crippen LogP contribution in [0.2, 0.25) is 0 Å². The van der Waals surface area contributed by atoms with Crippen LogP contribution < -0.4 is 0 Å². The van der Waals surface area contributed by atoms with Gasteiger partial charge in [-0.15, -0.1) is 0 Å². The Morgan fingerprint density at radius 3 is 3.05 bits per heavy atom. The zero-order chi connectivity index (χ0) is 14.0. The second-order valence-electron chi connectivity index (χ2n) is 4.81. The van der Waals surface area contributed by atoms with Crippen molar-refractivity contribution in [2.24, 2.45) is 4.99 Å². The third kappa shape index (κ3) is 3.33. The van der Waals surface area contributed by atoms with E-state index in [2.05, 4.69) is 27.5 Å². The van der Waals surface area contributed by atoms with Crippen LogP contribution in [0, 0.1) is 6.92 Å². The minimum absolute atomic E-state index is 0.141. The molecule has 2 heterocycles. The largest absolute Gasteiger partial charge is 0.348 e. The van der Waals surface area contributed by atoms with Crippen LogP contribution in [-0.2, 0) is 16.0 Å². The fourth-order valence-electron chi connectivity index (χ4n) is 2.00. The molecule has 2 rings (SSSR count). The number of amides is 1. The maximum absolute atomic E-state index is 11.8. The van der Waals surface area contributed by atoms with Crippen LogP contribution in [0.3, 0.4) is 0 Å². The SMILES string of the molecule is Cc1cc(C(=O)N=C=S)n(CC2COC(C)(C)O2)n1. The number of thiocarbonyl (C=S) groups is 1. The summed E-state index contributed by atoms with van der Waals surface area (Å²) < 4.78 is 12.7. The van der Waals surface area contributed by atoms with Gasteiger partial charge in [-0.2, -0.15) is 10.1 Å². The van der Waals surface area contributed by atoms with Crippen LogP contribution in [0.15, 0.2) is 11.1 Å². The number of hydrogen-bond acceptors (Lipinski definition) is 5. The summed E-state index contributed by atoms with van der Waals surface area (Å²) in [4.78, 5) is 15.2. The summed E-state index contributed by atoms with van der Waals surface area (Å²) in [5.41, 5.74) is 1.12. The van der Waals surface area contributed by atoms with Crippen molar-refractivity contribution in [3.63, 3.8) is 0 Å². The molecular weight excluding hydrogens is 266 g/mol. The first kappa shape index (κ1) is 14.0. The number of aryl methyl sites for hydroxylation is 1. The topological polar surface area (TPSA) is 65.7 Å². The minimum atomic E-state index is -0.594. The van der Waals surface area contributed by atoms with E-state index in [0.29, 0.717) is 18.8 Å². The average molecular weight is 281 g/mol. The number of ether oxygens (including phenoxy) is 2. The van der Waals surface area contributed by atoms with Crippen LogP contribution in [-0.4, -0.2) is 39.3 Å². The molecule has 1 aromatic rings. The molecule has 0 N–H and O–H groups in total. The molecule has 1 aromatic heterocycles. The van der Waals surface area contributed by atoms with E-state index >= 15 is 0 Å². The number of nitrogens with zero attached hydrogens (tertiary/aromatic N) is 3. The maximum atomic E-state index is 11.8. The van der Waals surface area contributed by atoms with Crippen molar-refractivity contribution < 1.29 is 14.3 Å². The van der Waals surface area contributed by atoms with Gasteiger partial charge in [0.2, 0.25) is 0 Å². The lowest BCUT2D eigenvalue weighted by atomic mass is 10.3. The number of isothiocyanates is 1. The number of hydrogen-bond donors (Lipinski definition) is 0. The van der Waals surface area contributed by atoms with E-state index in [-0.39, 0.29) is 6.10 Å². The third-order valence-corrected chi connectivity index (χ3v) is 2.80. The van der Waals surface area contributed by atoms with E-state index in [1.54, 1.807) is 10.7 Å². The zero-order valence-corrected chi connectivity index (χ0v) is 11.9. The molecule has 19 heavy (non-hydrogen) atoms. The Balaban J connectivity index is 2.17. The van der Waals surface area contributed by atoms with Crippen molar-refractivity contribution in [2.45, 2.75) is 39.2 Å². The summed E-state index contributed by atoms with van der Waals surface area (Å²) in [5, 5.41) is 6.33. The van der Waals surface area contributed by atoms with Crippen LogP contribution in [0.5, 0.6) is 0 Å². The van der Waals surface area contributed by atoms with Gasteiger partial charge in [0.25, 0.3) is 0 Å². The fourth-order valence-corrected chi connectivity index (χ4v) is 2.08. The molecule has 0 spiro atoms. The van der Waals surface area contributed by atoms with Crippen molar-refractivity contribution in [3.05, 3.63) is 17.5 Å². The highest BCUT2D eigenvalue weighted by molar-refractivity contribution is 7.78. The van der Waals surface area contributed by atoms with Gasteiger partial charge in [-0.1, -0.05) is 0 Å². The van der Waals surface area contributed by atoms with E-state index in [1.807, 2.05) is 20.8 Å². The highest BCUT2D eigenvalue weighted by atomic mass is 32.1.